The number of hydrogen-bond acceptors (Lipinski definition) is 5. The lowest BCUT2D eigenvalue weighted by Crippen LogP contribution is -2.50. The van der Waals surface area contributed by atoms with Gasteiger partial charge in [0.05, 0.1) is 10.7 Å². The van der Waals surface area contributed by atoms with Crippen LogP contribution in [0, 0.1) is 0 Å². The lowest BCUT2D eigenvalue weighted by atomic mass is 10.3. The van der Waals surface area contributed by atoms with Crippen LogP contribution in [-0.2, 0) is 0 Å². The van der Waals surface area contributed by atoms with Crippen molar-refractivity contribution in [3.8, 4) is 0 Å². The van der Waals surface area contributed by atoms with Crippen molar-refractivity contribution >= 4 is 52.4 Å². The predicted molar refractivity (Wildman–Crippen MR) is 121 cm³/mol. The molecule has 2 amide bonds. The van der Waals surface area contributed by atoms with E-state index in [2.05, 4.69) is 25.5 Å². The van der Waals surface area contributed by atoms with Crippen molar-refractivity contribution in [1.29, 1.82) is 0 Å². The van der Waals surface area contributed by atoms with Gasteiger partial charge in [-0.25, -0.2) is 9.78 Å². The van der Waals surface area contributed by atoms with Crippen molar-refractivity contribution in [1.82, 2.24) is 14.9 Å². The monoisotopic (exact) mass is 442 g/mol. The lowest BCUT2D eigenvalue weighted by Gasteiger charge is -2.34. The van der Waals surface area contributed by atoms with Crippen LogP contribution in [0.3, 0.4) is 0 Å². The molecule has 1 aliphatic rings. The molecule has 1 saturated heterocycles. The molecule has 0 bridgehead atoms. The molecule has 0 unspecified atom stereocenters. The van der Waals surface area contributed by atoms with Crippen LogP contribution >= 0.6 is 23.2 Å². The summed E-state index contributed by atoms with van der Waals surface area (Å²) in [6.45, 7) is 2.43. The predicted octanol–water partition coefficient (Wildman–Crippen LogP) is 4.88. The number of benzene rings is 2. The van der Waals surface area contributed by atoms with E-state index in [0.29, 0.717) is 53.7 Å². The number of amides is 2. The first-order valence-electron chi connectivity index (χ1n) is 9.49. The Labute approximate surface area is 184 Å². The first kappa shape index (κ1) is 20.3. The molecule has 1 aliphatic heterocycles. The standard InChI is InChI=1S/C21H20Cl2N6O/c22-15-5-7-16(8-6-15)25-21(30)29-13-11-28(12-14-29)20-24-10-9-19(27-20)26-18-4-2-1-3-17(18)23/h1-10H,11-14H2,(H,25,30)(H,24,26,27). The number of halogens is 2. The average molecular weight is 443 g/mol. The fourth-order valence-corrected chi connectivity index (χ4v) is 3.43. The van der Waals surface area contributed by atoms with E-state index < -0.39 is 0 Å². The summed E-state index contributed by atoms with van der Waals surface area (Å²) in [5, 5.41) is 7.36. The number of carbonyl (C=O) groups is 1. The van der Waals surface area contributed by atoms with Crippen LogP contribution in [0.4, 0.5) is 27.9 Å². The van der Waals surface area contributed by atoms with Gasteiger partial charge in [0.25, 0.3) is 0 Å². The van der Waals surface area contributed by atoms with Crippen LogP contribution in [0.5, 0.6) is 0 Å². The molecular formula is C21H20Cl2N6O. The van der Waals surface area contributed by atoms with Crippen molar-refractivity contribution in [2.75, 3.05) is 41.7 Å². The highest BCUT2D eigenvalue weighted by Gasteiger charge is 2.23. The summed E-state index contributed by atoms with van der Waals surface area (Å²) >= 11 is 12.1. The molecule has 30 heavy (non-hydrogen) atoms. The van der Waals surface area contributed by atoms with Crippen molar-refractivity contribution in [3.05, 3.63) is 70.8 Å². The number of urea groups is 1. The molecule has 2 N–H and O–H groups in total. The summed E-state index contributed by atoms with van der Waals surface area (Å²) in [5.41, 5.74) is 1.50. The highest BCUT2D eigenvalue weighted by molar-refractivity contribution is 6.33. The van der Waals surface area contributed by atoms with E-state index in [1.165, 1.54) is 0 Å². The number of hydrogen-bond donors (Lipinski definition) is 2. The van der Waals surface area contributed by atoms with Crippen LogP contribution < -0.4 is 15.5 Å². The van der Waals surface area contributed by atoms with E-state index in [1.807, 2.05) is 24.3 Å². The zero-order valence-corrected chi connectivity index (χ0v) is 17.6. The van der Waals surface area contributed by atoms with Gasteiger partial charge in [-0.1, -0.05) is 35.3 Å². The third kappa shape index (κ3) is 4.93. The molecule has 4 rings (SSSR count). The molecule has 1 aromatic heterocycles. The van der Waals surface area contributed by atoms with Crippen LogP contribution in [0.2, 0.25) is 10.0 Å². The minimum atomic E-state index is -0.132. The van der Waals surface area contributed by atoms with Crippen LogP contribution in [0.1, 0.15) is 0 Å². The quantitative estimate of drug-likeness (QED) is 0.601. The lowest BCUT2D eigenvalue weighted by molar-refractivity contribution is 0.208. The van der Waals surface area contributed by atoms with Gasteiger partial charge in [0, 0.05) is 43.1 Å². The third-order valence-corrected chi connectivity index (χ3v) is 5.31. The van der Waals surface area contributed by atoms with E-state index in [4.69, 9.17) is 23.2 Å². The SMILES string of the molecule is O=C(Nc1ccc(Cl)cc1)N1CCN(c2nccc(Nc3ccccc3Cl)n2)CC1. The van der Waals surface area contributed by atoms with E-state index in [9.17, 15) is 4.79 Å². The number of para-hydroxylation sites is 1. The Morgan fingerprint density at radius 2 is 1.67 bits per heavy atom. The molecule has 2 heterocycles. The molecule has 9 heteroatoms. The van der Waals surface area contributed by atoms with Gasteiger partial charge in [-0.2, -0.15) is 4.98 Å². The Kier molecular flexibility index (Phi) is 6.21. The second kappa shape index (κ2) is 9.19. The Morgan fingerprint density at radius 3 is 2.40 bits per heavy atom. The average Bonchev–Trinajstić information content (AvgIpc) is 2.77. The number of nitrogens with one attached hydrogen (secondary N) is 2. The summed E-state index contributed by atoms with van der Waals surface area (Å²) in [5.74, 6) is 1.28. The molecule has 7 nitrogen and oxygen atoms in total. The van der Waals surface area contributed by atoms with Gasteiger partial charge in [-0.3, -0.25) is 0 Å². The summed E-state index contributed by atoms with van der Waals surface area (Å²) < 4.78 is 0. The highest BCUT2D eigenvalue weighted by Crippen LogP contribution is 2.24. The molecule has 1 fully saturated rings. The summed E-state index contributed by atoms with van der Waals surface area (Å²) in [6, 6.07) is 16.2. The van der Waals surface area contributed by atoms with Gasteiger partial charge in [-0.05, 0) is 42.5 Å². The molecule has 0 spiro atoms. The summed E-state index contributed by atoms with van der Waals surface area (Å²) in [4.78, 5) is 25.3. The second-order valence-corrected chi connectivity index (χ2v) is 7.60. The number of piperazine rings is 1. The summed E-state index contributed by atoms with van der Waals surface area (Å²) in [7, 11) is 0. The second-order valence-electron chi connectivity index (χ2n) is 6.76. The minimum Gasteiger partial charge on any atom is -0.339 e. The molecular weight excluding hydrogens is 423 g/mol. The smallest absolute Gasteiger partial charge is 0.321 e. The first-order chi connectivity index (χ1) is 14.6. The van der Waals surface area contributed by atoms with Gasteiger partial charge >= 0.3 is 6.03 Å². The third-order valence-electron chi connectivity index (χ3n) is 4.72. The zero-order chi connectivity index (χ0) is 20.9. The molecule has 0 saturated carbocycles. The molecule has 0 atom stereocenters. The maximum absolute atomic E-state index is 12.5. The van der Waals surface area contributed by atoms with E-state index >= 15 is 0 Å². The molecule has 0 aliphatic carbocycles. The molecule has 0 radical (unpaired) electrons. The van der Waals surface area contributed by atoms with Gasteiger partial charge in [-0.15, -0.1) is 0 Å². The van der Waals surface area contributed by atoms with Gasteiger partial charge in [0.15, 0.2) is 0 Å². The Bertz CT molecular complexity index is 1020. The number of carbonyl (C=O) groups excluding carboxylic acids is 1. The number of anilines is 4. The molecule has 3 aromatic rings. The minimum absolute atomic E-state index is 0.132. The first-order valence-corrected chi connectivity index (χ1v) is 10.2. The summed E-state index contributed by atoms with van der Waals surface area (Å²) in [6.07, 6.45) is 1.71. The maximum atomic E-state index is 12.5. The highest BCUT2D eigenvalue weighted by atomic mass is 35.5. The van der Waals surface area contributed by atoms with Crippen LogP contribution in [0.25, 0.3) is 0 Å². The van der Waals surface area contributed by atoms with Crippen LogP contribution in [-0.4, -0.2) is 47.1 Å². The Hall–Kier alpha value is -3.03. The van der Waals surface area contributed by atoms with Crippen molar-refractivity contribution in [3.63, 3.8) is 0 Å². The normalized spacial score (nSPS) is 13.8. The zero-order valence-electron chi connectivity index (χ0n) is 16.1. The van der Waals surface area contributed by atoms with Crippen molar-refractivity contribution in [2.45, 2.75) is 0 Å². The van der Waals surface area contributed by atoms with E-state index in [1.54, 1.807) is 41.4 Å². The molecule has 2 aromatic carbocycles. The number of rotatable bonds is 4. The molecule has 154 valence electrons. The van der Waals surface area contributed by atoms with Crippen molar-refractivity contribution in [2.24, 2.45) is 0 Å². The van der Waals surface area contributed by atoms with Crippen LogP contribution in [0.15, 0.2) is 60.8 Å². The topological polar surface area (TPSA) is 73.4 Å². The van der Waals surface area contributed by atoms with Gasteiger partial charge in [0.2, 0.25) is 5.95 Å². The van der Waals surface area contributed by atoms with Crippen molar-refractivity contribution < 1.29 is 4.79 Å². The number of nitrogens with zero attached hydrogens (tertiary/aromatic N) is 4. The Balaban J connectivity index is 1.35. The fourth-order valence-electron chi connectivity index (χ4n) is 3.12. The van der Waals surface area contributed by atoms with Gasteiger partial charge < -0.3 is 20.4 Å². The largest absolute Gasteiger partial charge is 0.339 e. The van der Waals surface area contributed by atoms with E-state index in [-0.39, 0.29) is 6.03 Å². The fraction of sp³-hybridized carbons (Fsp3) is 0.190. The Morgan fingerprint density at radius 1 is 0.933 bits per heavy atom. The maximum Gasteiger partial charge on any atom is 0.321 e. The van der Waals surface area contributed by atoms with E-state index in [0.717, 1.165) is 5.69 Å². The number of aromatic nitrogens is 2. The van der Waals surface area contributed by atoms with Gasteiger partial charge in [0.1, 0.15) is 5.82 Å².